The molecule has 0 bridgehead atoms. The average molecular weight is 359 g/mol. The predicted molar refractivity (Wildman–Crippen MR) is 84.2 cm³/mol. The molecule has 0 unspecified atom stereocenters. The molecule has 100 valence electrons. The molecule has 0 radical (unpaired) electrons. The van der Waals surface area contributed by atoms with Gasteiger partial charge >= 0.3 is 0 Å². The van der Waals surface area contributed by atoms with Crippen molar-refractivity contribution in [3.05, 3.63) is 15.1 Å². The normalized spacial score (nSPS) is 17.2. The van der Waals surface area contributed by atoms with E-state index in [9.17, 15) is 0 Å². The summed E-state index contributed by atoms with van der Waals surface area (Å²) in [6.45, 7) is 6.65. The molecule has 0 aromatic carbocycles. The number of nitrogens with one attached hydrogen (secondary N) is 1. The Bertz CT molecular complexity index is 431. The molecule has 18 heavy (non-hydrogen) atoms. The molecular weight excluding hydrogens is 337 g/mol. The fraction of sp³-hybridized carbons (Fsp3) is 0.714. The summed E-state index contributed by atoms with van der Waals surface area (Å²) in [6, 6.07) is 0. The molecule has 0 amide bonds. The van der Waals surface area contributed by atoms with Crippen LogP contribution in [0.15, 0.2) is 0 Å². The van der Waals surface area contributed by atoms with E-state index in [1.165, 1.54) is 31.4 Å². The minimum Gasteiger partial charge on any atom is -0.372 e. The SMILES string of the molecule is CNc1nc(C2CCCC2)nc(C(C)(C)C)c1I. The molecule has 1 aliphatic carbocycles. The minimum atomic E-state index is 0.0679. The molecule has 4 heteroatoms. The lowest BCUT2D eigenvalue weighted by molar-refractivity contribution is 0.548. The van der Waals surface area contributed by atoms with Gasteiger partial charge in [0.2, 0.25) is 0 Å². The van der Waals surface area contributed by atoms with Gasteiger partial charge in [0, 0.05) is 18.4 Å². The summed E-state index contributed by atoms with van der Waals surface area (Å²) in [6.07, 6.45) is 5.13. The van der Waals surface area contributed by atoms with Gasteiger partial charge in [-0.3, -0.25) is 0 Å². The van der Waals surface area contributed by atoms with E-state index in [2.05, 4.69) is 48.7 Å². The van der Waals surface area contributed by atoms with Gasteiger partial charge in [0.05, 0.1) is 9.26 Å². The highest BCUT2D eigenvalue weighted by Crippen LogP contribution is 2.36. The van der Waals surface area contributed by atoms with Crippen LogP contribution in [-0.2, 0) is 5.41 Å². The summed E-state index contributed by atoms with van der Waals surface area (Å²) in [5, 5.41) is 3.21. The van der Waals surface area contributed by atoms with E-state index in [0.29, 0.717) is 5.92 Å². The third kappa shape index (κ3) is 2.78. The third-order valence-electron chi connectivity index (χ3n) is 3.54. The molecule has 0 spiro atoms. The van der Waals surface area contributed by atoms with Crippen molar-refractivity contribution in [1.29, 1.82) is 0 Å². The standard InChI is InChI=1S/C14H22IN3/c1-14(2,3)11-10(15)13(16-4)18-12(17-11)9-7-5-6-8-9/h9H,5-8H2,1-4H3,(H,16,17,18). The van der Waals surface area contributed by atoms with Crippen LogP contribution in [0, 0.1) is 3.57 Å². The fourth-order valence-electron chi connectivity index (χ4n) is 2.49. The van der Waals surface area contributed by atoms with Crippen molar-refractivity contribution >= 4 is 28.4 Å². The number of aromatic nitrogens is 2. The van der Waals surface area contributed by atoms with Crippen molar-refractivity contribution < 1.29 is 0 Å². The molecule has 1 aliphatic rings. The first kappa shape index (κ1) is 14.0. The number of hydrogen-bond acceptors (Lipinski definition) is 3. The van der Waals surface area contributed by atoms with Crippen LogP contribution in [0.25, 0.3) is 0 Å². The van der Waals surface area contributed by atoms with Crippen molar-refractivity contribution in [2.45, 2.75) is 57.8 Å². The maximum absolute atomic E-state index is 4.88. The summed E-state index contributed by atoms with van der Waals surface area (Å²) >= 11 is 2.36. The van der Waals surface area contributed by atoms with Crippen LogP contribution < -0.4 is 5.32 Å². The Morgan fingerprint density at radius 1 is 1.17 bits per heavy atom. The molecule has 2 rings (SSSR count). The van der Waals surface area contributed by atoms with Gasteiger partial charge in [-0.25, -0.2) is 9.97 Å². The van der Waals surface area contributed by atoms with Crippen LogP contribution in [0.2, 0.25) is 0 Å². The second-order valence-corrected chi connectivity index (χ2v) is 7.15. The van der Waals surface area contributed by atoms with E-state index in [4.69, 9.17) is 9.97 Å². The van der Waals surface area contributed by atoms with E-state index in [-0.39, 0.29) is 5.41 Å². The van der Waals surface area contributed by atoms with Crippen LogP contribution in [0.5, 0.6) is 0 Å². The van der Waals surface area contributed by atoms with Gasteiger partial charge in [-0.15, -0.1) is 0 Å². The summed E-state index contributed by atoms with van der Waals surface area (Å²) < 4.78 is 1.16. The van der Waals surface area contributed by atoms with Crippen LogP contribution in [0.3, 0.4) is 0 Å². The molecule has 1 heterocycles. The average Bonchev–Trinajstić information content (AvgIpc) is 2.81. The van der Waals surface area contributed by atoms with E-state index >= 15 is 0 Å². The van der Waals surface area contributed by atoms with Gasteiger partial charge in [-0.2, -0.15) is 0 Å². The predicted octanol–water partition coefficient (Wildman–Crippen LogP) is 4.08. The maximum Gasteiger partial charge on any atom is 0.143 e. The van der Waals surface area contributed by atoms with Crippen LogP contribution in [-0.4, -0.2) is 17.0 Å². The lowest BCUT2D eigenvalue weighted by Gasteiger charge is -2.23. The van der Waals surface area contributed by atoms with Gasteiger partial charge < -0.3 is 5.32 Å². The first-order valence-electron chi connectivity index (χ1n) is 6.69. The van der Waals surface area contributed by atoms with Gasteiger partial charge in [0.25, 0.3) is 0 Å². The Kier molecular flexibility index (Phi) is 4.14. The summed E-state index contributed by atoms with van der Waals surface area (Å²) in [5.41, 5.74) is 1.24. The second kappa shape index (κ2) is 5.31. The molecule has 1 saturated carbocycles. The van der Waals surface area contributed by atoms with Gasteiger partial charge in [-0.1, -0.05) is 33.6 Å². The molecule has 0 aliphatic heterocycles. The number of anilines is 1. The topological polar surface area (TPSA) is 37.8 Å². The van der Waals surface area contributed by atoms with E-state index in [1.807, 2.05) is 7.05 Å². The number of nitrogens with zero attached hydrogens (tertiary/aromatic N) is 2. The molecule has 1 N–H and O–H groups in total. The van der Waals surface area contributed by atoms with Crippen molar-refractivity contribution in [3.63, 3.8) is 0 Å². The quantitative estimate of drug-likeness (QED) is 0.809. The second-order valence-electron chi connectivity index (χ2n) is 6.07. The molecular formula is C14H22IN3. The third-order valence-corrected chi connectivity index (χ3v) is 4.56. The van der Waals surface area contributed by atoms with Crippen LogP contribution in [0.1, 0.15) is 63.9 Å². The van der Waals surface area contributed by atoms with Crippen LogP contribution in [0.4, 0.5) is 5.82 Å². The Labute approximate surface area is 123 Å². The highest BCUT2D eigenvalue weighted by molar-refractivity contribution is 14.1. The van der Waals surface area contributed by atoms with Crippen molar-refractivity contribution in [3.8, 4) is 0 Å². The van der Waals surface area contributed by atoms with Gasteiger partial charge in [-0.05, 0) is 35.4 Å². The van der Waals surface area contributed by atoms with Crippen molar-refractivity contribution in [2.24, 2.45) is 0 Å². The monoisotopic (exact) mass is 359 g/mol. The van der Waals surface area contributed by atoms with Crippen molar-refractivity contribution in [2.75, 3.05) is 12.4 Å². The molecule has 1 aromatic heterocycles. The number of halogens is 1. The first-order valence-corrected chi connectivity index (χ1v) is 7.77. The summed E-state index contributed by atoms with van der Waals surface area (Å²) in [5.74, 6) is 2.59. The highest BCUT2D eigenvalue weighted by atomic mass is 127. The molecule has 0 atom stereocenters. The van der Waals surface area contributed by atoms with Crippen molar-refractivity contribution in [1.82, 2.24) is 9.97 Å². The smallest absolute Gasteiger partial charge is 0.143 e. The number of rotatable bonds is 2. The fourth-order valence-corrected chi connectivity index (χ4v) is 3.81. The Morgan fingerprint density at radius 2 is 1.78 bits per heavy atom. The largest absolute Gasteiger partial charge is 0.372 e. The lowest BCUT2D eigenvalue weighted by atomic mass is 9.91. The Balaban J connectivity index is 2.48. The van der Waals surface area contributed by atoms with E-state index < -0.39 is 0 Å². The van der Waals surface area contributed by atoms with Crippen LogP contribution >= 0.6 is 22.6 Å². The minimum absolute atomic E-state index is 0.0679. The number of hydrogen-bond donors (Lipinski definition) is 1. The Hall–Kier alpha value is -0.390. The molecule has 0 saturated heterocycles. The lowest BCUT2D eigenvalue weighted by Crippen LogP contribution is -2.20. The zero-order chi connectivity index (χ0) is 13.3. The van der Waals surface area contributed by atoms with E-state index in [1.54, 1.807) is 0 Å². The summed E-state index contributed by atoms with van der Waals surface area (Å²) in [7, 11) is 1.94. The molecule has 3 nitrogen and oxygen atoms in total. The Morgan fingerprint density at radius 3 is 2.28 bits per heavy atom. The maximum atomic E-state index is 4.88. The van der Waals surface area contributed by atoms with Gasteiger partial charge in [0.1, 0.15) is 11.6 Å². The van der Waals surface area contributed by atoms with Gasteiger partial charge in [0.15, 0.2) is 0 Å². The highest BCUT2D eigenvalue weighted by Gasteiger charge is 2.26. The summed E-state index contributed by atoms with van der Waals surface area (Å²) in [4.78, 5) is 9.59. The molecule has 1 fully saturated rings. The van der Waals surface area contributed by atoms with E-state index in [0.717, 1.165) is 15.2 Å². The zero-order valence-electron chi connectivity index (χ0n) is 11.7. The zero-order valence-corrected chi connectivity index (χ0v) is 13.8. The molecule has 1 aromatic rings. The first-order chi connectivity index (χ1) is 8.43.